The van der Waals surface area contributed by atoms with Crippen LogP contribution in [0.1, 0.15) is 28.2 Å². The maximum absolute atomic E-state index is 13.5. The minimum absolute atomic E-state index is 0.00555. The van der Waals surface area contributed by atoms with Gasteiger partial charge in [-0.25, -0.2) is 0 Å². The lowest BCUT2D eigenvalue weighted by Gasteiger charge is -2.25. The summed E-state index contributed by atoms with van der Waals surface area (Å²) in [6.45, 7) is -0.202. The molecule has 0 saturated carbocycles. The Morgan fingerprint density at radius 1 is 1.19 bits per heavy atom. The maximum Gasteiger partial charge on any atom is 0.416 e. The van der Waals surface area contributed by atoms with Gasteiger partial charge in [-0.1, -0.05) is 24.3 Å². The van der Waals surface area contributed by atoms with Crippen molar-refractivity contribution in [2.45, 2.75) is 25.1 Å². The zero-order valence-corrected chi connectivity index (χ0v) is 16.4. The molecule has 7 nitrogen and oxygen atoms in total. The summed E-state index contributed by atoms with van der Waals surface area (Å²) in [5.41, 5.74) is 0.713. The molecule has 0 saturated heterocycles. The largest absolute Gasteiger partial charge is 0.481 e. The molecule has 0 aromatic heterocycles. The molecule has 32 heavy (non-hydrogen) atoms. The number of anilines is 2. The first-order valence-corrected chi connectivity index (χ1v) is 9.50. The number of allylic oxidation sites excluding steroid dienone is 1. The molecule has 4 rings (SSSR count). The molecule has 2 aromatic carbocycles. The molecule has 1 atom stereocenters. The van der Waals surface area contributed by atoms with Gasteiger partial charge >= 0.3 is 12.1 Å². The molecule has 1 unspecified atom stereocenters. The number of amides is 1. The maximum atomic E-state index is 13.5. The van der Waals surface area contributed by atoms with Crippen LogP contribution in [0, 0.1) is 0 Å². The van der Waals surface area contributed by atoms with Gasteiger partial charge in [0.2, 0.25) is 6.41 Å². The van der Waals surface area contributed by atoms with Crippen LogP contribution in [0.2, 0.25) is 0 Å². The van der Waals surface area contributed by atoms with Gasteiger partial charge in [-0.15, -0.1) is 0 Å². The molecule has 2 aliphatic rings. The zero-order valence-electron chi connectivity index (χ0n) is 16.4. The highest BCUT2D eigenvalue weighted by Gasteiger charge is 2.42. The Morgan fingerprint density at radius 3 is 2.62 bits per heavy atom. The monoisotopic (exact) mass is 443 g/mol. The number of aliphatic imine (C=N–C) groups is 1. The summed E-state index contributed by atoms with van der Waals surface area (Å²) in [6, 6.07) is 8.15. The molecular weight excluding hydrogens is 427 g/mol. The van der Waals surface area contributed by atoms with Crippen LogP contribution in [0.5, 0.6) is 0 Å². The van der Waals surface area contributed by atoms with E-state index in [2.05, 4.69) is 10.3 Å². The van der Waals surface area contributed by atoms with Gasteiger partial charge in [-0.05, 0) is 23.3 Å². The van der Waals surface area contributed by atoms with Gasteiger partial charge in [0.25, 0.3) is 0 Å². The van der Waals surface area contributed by atoms with Crippen molar-refractivity contribution in [3.63, 3.8) is 0 Å². The number of nitrogens with zero attached hydrogens (tertiary/aromatic N) is 2. The number of carbonyl (C=O) groups excluding carboxylic acids is 2. The van der Waals surface area contributed by atoms with Gasteiger partial charge in [0.05, 0.1) is 35.5 Å². The molecule has 2 aliphatic heterocycles. The Labute approximate surface area is 179 Å². The molecule has 2 aromatic rings. The highest BCUT2D eigenvalue weighted by molar-refractivity contribution is 6.33. The number of carboxylic acids is 1. The summed E-state index contributed by atoms with van der Waals surface area (Å²) in [6.07, 6.45) is -2.12. The molecule has 0 aliphatic carbocycles. The van der Waals surface area contributed by atoms with E-state index in [4.69, 9.17) is 0 Å². The topological polar surface area (TPSA) is 99.1 Å². The van der Waals surface area contributed by atoms with Crippen molar-refractivity contribution in [1.82, 2.24) is 0 Å². The molecule has 0 fully saturated rings. The van der Waals surface area contributed by atoms with Crippen molar-refractivity contribution in [3.8, 4) is 0 Å². The second-order valence-electron chi connectivity index (χ2n) is 7.27. The second-order valence-corrected chi connectivity index (χ2v) is 7.27. The molecule has 10 heteroatoms. The van der Waals surface area contributed by atoms with Gasteiger partial charge in [-0.2, -0.15) is 13.2 Å². The smallest absolute Gasteiger partial charge is 0.416 e. The van der Waals surface area contributed by atoms with E-state index >= 15 is 0 Å². The number of aliphatic carboxylic acids is 1. The van der Waals surface area contributed by atoms with Gasteiger partial charge in [0.15, 0.2) is 5.78 Å². The average Bonchev–Trinajstić information content (AvgIpc) is 3.04. The number of nitrogens with one attached hydrogen (secondary N) is 1. The first-order valence-electron chi connectivity index (χ1n) is 9.50. The molecular formula is C22H16F3N3O4. The Hall–Kier alpha value is -3.95. The summed E-state index contributed by atoms with van der Waals surface area (Å²) in [4.78, 5) is 40.7. The number of carboxylic acid groups (broad SMARTS) is 1. The van der Waals surface area contributed by atoms with E-state index < -0.39 is 35.8 Å². The van der Waals surface area contributed by atoms with Crippen LogP contribution in [0.4, 0.5) is 24.5 Å². The van der Waals surface area contributed by atoms with E-state index in [-0.39, 0.29) is 23.4 Å². The Morgan fingerprint density at radius 2 is 1.94 bits per heavy atom. The predicted molar refractivity (Wildman–Crippen MR) is 109 cm³/mol. The third-order valence-corrected chi connectivity index (χ3v) is 5.38. The minimum Gasteiger partial charge on any atom is -0.481 e. The molecule has 1 amide bonds. The SMILES string of the molecule is O=CNc1c(CC(=O)O)ccc2c1C1C(=O)C=NC=C1N2Cc1ccccc1C(F)(F)F. The number of benzene rings is 2. The molecule has 0 radical (unpaired) electrons. The van der Waals surface area contributed by atoms with E-state index in [0.717, 1.165) is 12.3 Å². The predicted octanol–water partition coefficient (Wildman–Crippen LogP) is 3.50. The fourth-order valence-corrected chi connectivity index (χ4v) is 4.14. The van der Waals surface area contributed by atoms with E-state index in [1.54, 1.807) is 11.0 Å². The number of carbonyl (C=O) groups is 3. The van der Waals surface area contributed by atoms with Crippen molar-refractivity contribution < 1.29 is 32.7 Å². The van der Waals surface area contributed by atoms with Gasteiger partial charge in [0, 0.05) is 24.0 Å². The fourth-order valence-electron chi connectivity index (χ4n) is 4.14. The quantitative estimate of drug-likeness (QED) is 0.666. The number of fused-ring (bicyclic) bond motifs is 3. The van der Waals surface area contributed by atoms with E-state index in [9.17, 15) is 32.7 Å². The highest BCUT2D eigenvalue weighted by Crippen LogP contribution is 2.50. The number of hydrogen-bond acceptors (Lipinski definition) is 5. The van der Waals surface area contributed by atoms with Gasteiger partial charge in [0.1, 0.15) is 0 Å². The highest BCUT2D eigenvalue weighted by atomic mass is 19.4. The third-order valence-electron chi connectivity index (χ3n) is 5.38. The Bertz CT molecular complexity index is 1190. The molecule has 164 valence electrons. The lowest BCUT2D eigenvalue weighted by molar-refractivity contribution is -0.138. The fraction of sp³-hybridized carbons (Fsp3) is 0.182. The molecule has 2 heterocycles. The van der Waals surface area contributed by atoms with Crippen LogP contribution >= 0.6 is 0 Å². The van der Waals surface area contributed by atoms with Gasteiger partial charge in [-0.3, -0.25) is 19.4 Å². The van der Waals surface area contributed by atoms with Crippen molar-refractivity contribution in [1.29, 1.82) is 0 Å². The average molecular weight is 443 g/mol. The van der Waals surface area contributed by atoms with Crippen LogP contribution in [-0.4, -0.2) is 29.5 Å². The van der Waals surface area contributed by atoms with Crippen LogP contribution in [0.25, 0.3) is 0 Å². The van der Waals surface area contributed by atoms with Crippen molar-refractivity contribution in [2.24, 2.45) is 4.99 Å². The van der Waals surface area contributed by atoms with Gasteiger partial charge < -0.3 is 15.3 Å². The van der Waals surface area contributed by atoms with Crippen molar-refractivity contribution >= 4 is 35.8 Å². The van der Waals surface area contributed by atoms with E-state index in [1.807, 2.05) is 0 Å². The summed E-state index contributed by atoms with van der Waals surface area (Å²) in [7, 11) is 0. The summed E-state index contributed by atoms with van der Waals surface area (Å²) >= 11 is 0. The summed E-state index contributed by atoms with van der Waals surface area (Å²) in [5, 5.41) is 11.7. The normalized spacial score (nSPS) is 17.0. The molecule has 0 spiro atoms. The van der Waals surface area contributed by atoms with E-state index in [0.29, 0.717) is 23.4 Å². The van der Waals surface area contributed by atoms with Crippen molar-refractivity contribution in [2.75, 3.05) is 10.2 Å². The summed E-state index contributed by atoms with van der Waals surface area (Å²) < 4.78 is 40.6. The Balaban J connectivity index is 1.89. The second kappa shape index (κ2) is 7.95. The lowest BCUT2D eigenvalue weighted by atomic mass is 9.90. The minimum atomic E-state index is -4.57. The van der Waals surface area contributed by atoms with Crippen LogP contribution in [0.15, 0.2) is 53.3 Å². The first kappa shape index (κ1) is 21.3. The number of Topliss-reactive ketones (excluding diaryl/α,β-unsaturated/α-hetero) is 1. The number of ketones is 1. The van der Waals surface area contributed by atoms with Crippen molar-refractivity contribution in [3.05, 3.63) is 70.5 Å². The number of alkyl halides is 3. The standard InChI is InChI=1S/C22H16F3N3O4/c23-22(24,25)14-4-2-1-3-13(14)10-28-15-6-5-12(7-18(31)32)21(27-11-29)20(15)19-16(28)8-26-9-17(19)30/h1-6,8-9,11,19H,7,10H2,(H,27,29)(H,31,32). The van der Waals surface area contributed by atoms with E-state index in [1.165, 1.54) is 30.5 Å². The van der Waals surface area contributed by atoms with Crippen LogP contribution in [0.3, 0.4) is 0 Å². The van der Waals surface area contributed by atoms with Crippen LogP contribution < -0.4 is 10.2 Å². The first-order chi connectivity index (χ1) is 15.2. The Kier molecular flexibility index (Phi) is 5.29. The number of rotatable bonds is 6. The molecule has 0 bridgehead atoms. The lowest BCUT2D eigenvalue weighted by Crippen LogP contribution is -2.25. The summed E-state index contributed by atoms with van der Waals surface area (Å²) in [5.74, 6) is -2.48. The third kappa shape index (κ3) is 3.64. The molecule has 2 N–H and O–H groups in total. The zero-order chi connectivity index (χ0) is 23.0. The van der Waals surface area contributed by atoms with Crippen LogP contribution in [-0.2, 0) is 33.5 Å². The number of hydrogen-bond donors (Lipinski definition) is 2. The number of halogens is 3.